The maximum atomic E-state index is 13.3. The fourth-order valence-corrected chi connectivity index (χ4v) is 3.93. The van der Waals surface area contributed by atoms with E-state index in [1.54, 1.807) is 73.7 Å². The Balaban J connectivity index is 1.55. The van der Waals surface area contributed by atoms with Gasteiger partial charge in [0.15, 0.2) is 16.9 Å². The molecule has 0 radical (unpaired) electrons. The van der Waals surface area contributed by atoms with Crippen LogP contribution in [0.1, 0.15) is 39.2 Å². The molecule has 0 aliphatic rings. The molecule has 1 amide bonds. The molecule has 7 heteroatoms. The molecule has 1 N–H and O–H groups in total. The Morgan fingerprint density at radius 2 is 1.66 bits per heavy atom. The van der Waals surface area contributed by atoms with E-state index in [9.17, 15) is 14.4 Å². The Kier molecular flexibility index (Phi) is 5.66. The topological polar surface area (TPSA) is 98.7 Å². The number of hydrogen-bond donors (Lipinski definition) is 1. The summed E-state index contributed by atoms with van der Waals surface area (Å²) in [6, 6.07) is 20.0. The fourth-order valence-electron chi connectivity index (χ4n) is 3.93. The zero-order chi connectivity index (χ0) is 24.5. The van der Waals surface area contributed by atoms with Gasteiger partial charge in [-0.1, -0.05) is 24.3 Å². The first kappa shape index (κ1) is 22.2. The van der Waals surface area contributed by atoms with E-state index in [4.69, 9.17) is 13.6 Å². The lowest BCUT2D eigenvalue weighted by Crippen LogP contribution is -2.16. The summed E-state index contributed by atoms with van der Waals surface area (Å²) in [6.07, 6.45) is 0. The zero-order valence-electron chi connectivity index (χ0n) is 19.1. The first-order valence-electron chi connectivity index (χ1n) is 11.1. The van der Waals surface area contributed by atoms with E-state index in [0.717, 1.165) is 11.6 Å². The number of carbonyl (C=O) groups excluding carboxylic acids is 2. The van der Waals surface area contributed by atoms with Crippen LogP contribution in [0.25, 0.3) is 21.9 Å². The van der Waals surface area contributed by atoms with E-state index in [1.165, 1.54) is 0 Å². The summed E-state index contributed by atoms with van der Waals surface area (Å²) < 4.78 is 17.1. The lowest BCUT2D eigenvalue weighted by Gasteiger charge is -2.08. The third kappa shape index (κ3) is 4.08. The molecule has 5 aromatic rings. The normalized spacial score (nSPS) is 11.0. The number of carbonyl (C=O) groups is 2. The van der Waals surface area contributed by atoms with Crippen LogP contribution in [0.2, 0.25) is 0 Å². The van der Waals surface area contributed by atoms with Gasteiger partial charge in [0.25, 0.3) is 5.91 Å². The van der Waals surface area contributed by atoms with Crippen molar-refractivity contribution in [3.05, 3.63) is 106 Å². The molecule has 0 spiro atoms. The second-order valence-electron chi connectivity index (χ2n) is 7.97. The standard InChI is InChI=1S/C28H21NO6/c1-3-33-18-13-11-17(12-14-18)25(31)27-24(20-8-4-5-10-22(20)34-27)29-28(32)23-15-21(30)19-9-6-7-16(2)26(19)35-23/h4-15H,3H2,1-2H3,(H,29,32). The van der Waals surface area contributed by atoms with Crippen LogP contribution in [0.5, 0.6) is 5.75 Å². The lowest BCUT2D eigenvalue weighted by molar-refractivity contribution is 0.0997. The number of para-hydroxylation sites is 2. The van der Waals surface area contributed by atoms with Crippen molar-refractivity contribution in [1.29, 1.82) is 0 Å². The van der Waals surface area contributed by atoms with Crippen LogP contribution in [0.4, 0.5) is 5.69 Å². The van der Waals surface area contributed by atoms with Crippen molar-refractivity contribution in [2.24, 2.45) is 0 Å². The third-order valence-corrected chi connectivity index (χ3v) is 5.64. The molecule has 0 unspecified atom stereocenters. The molecule has 0 fully saturated rings. The molecule has 3 aromatic carbocycles. The van der Waals surface area contributed by atoms with Crippen molar-refractivity contribution in [1.82, 2.24) is 0 Å². The van der Waals surface area contributed by atoms with Crippen molar-refractivity contribution >= 4 is 39.3 Å². The minimum Gasteiger partial charge on any atom is -0.494 e. The number of furan rings is 1. The Morgan fingerprint density at radius 3 is 2.43 bits per heavy atom. The second kappa shape index (κ2) is 8.95. The van der Waals surface area contributed by atoms with Crippen LogP contribution in [0, 0.1) is 6.92 Å². The molecule has 0 saturated carbocycles. The van der Waals surface area contributed by atoms with Gasteiger partial charge in [-0.25, -0.2) is 0 Å². The molecule has 7 nitrogen and oxygen atoms in total. The van der Waals surface area contributed by atoms with Crippen LogP contribution >= 0.6 is 0 Å². The minimum absolute atomic E-state index is 0.0250. The maximum absolute atomic E-state index is 13.3. The van der Waals surface area contributed by atoms with E-state index in [-0.39, 0.29) is 22.6 Å². The number of benzene rings is 3. The smallest absolute Gasteiger partial charge is 0.291 e. The number of nitrogens with one attached hydrogen (secondary N) is 1. The summed E-state index contributed by atoms with van der Waals surface area (Å²) in [5, 5.41) is 3.67. The van der Waals surface area contributed by atoms with Gasteiger partial charge in [0.2, 0.25) is 5.78 Å². The second-order valence-corrected chi connectivity index (χ2v) is 7.97. The van der Waals surface area contributed by atoms with Crippen molar-refractivity contribution in [2.75, 3.05) is 11.9 Å². The Labute approximate surface area is 199 Å². The number of amides is 1. The molecule has 0 aliphatic heterocycles. The number of anilines is 1. The predicted octanol–water partition coefficient (Wildman–Crippen LogP) is 5.73. The SMILES string of the molecule is CCOc1ccc(C(=O)c2oc3ccccc3c2NC(=O)c2cc(=O)c3cccc(C)c3o2)cc1. The molecule has 5 rings (SSSR count). The van der Waals surface area contributed by atoms with Crippen LogP contribution < -0.4 is 15.5 Å². The molecule has 0 bridgehead atoms. The predicted molar refractivity (Wildman–Crippen MR) is 132 cm³/mol. The highest BCUT2D eigenvalue weighted by molar-refractivity contribution is 6.18. The van der Waals surface area contributed by atoms with Crippen molar-refractivity contribution in [2.45, 2.75) is 13.8 Å². The molecule has 2 aromatic heterocycles. The van der Waals surface area contributed by atoms with Gasteiger partial charge in [0.1, 0.15) is 16.9 Å². The van der Waals surface area contributed by atoms with E-state index in [2.05, 4.69) is 5.32 Å². The van der Waals surface area contributed by atoms with Gasteiger partial charge in [0.05, 0.1) is 17.7 Å². The molecule has 0 aliphatic carbocycles. The van der Waals surface area contributed by atoms with E-state index in [1.807, 2.05) is 6.92 Å². The molecule has 0 saturated heterocycles. The quantitative estimate of drug-likeness (QED) is 0.320. The molecular weight excluding hydrogens is 446 g/mol. The van der Waals surface area contributed by atoms with Gasteiger partial charge in [-0.2, -0.15) is 0 Å². The fraction of sp³-hybridized carbons (Fsp3) is 0.107. The average Bonchev–Trinajstić information content (AvgIpc) is 3.23. The summed E-state index contributed by atoms with van der Waals surface area (Å²) in [6.45, 7) is 4.18. The summed E-state index contributed by atoms with van der Waals surface area (Å²) >= 11 is 0. The molecule has 174 valence electrons. The number of fused-ring (bicyclic) bond motifs is 2. The van der Waals surface area contributed by atoms with Gasteiger partial charge < -0.3 is 18.9 Å². The summed E-state index contributed by atoms with van der Waals surface area (Å²) in [5.41, 5.74) is 1.76. The zero-order valence-corrected chi connectivity index (χ0v) is 19.1. The van der Waals surface area contributed by atoms with Crippen LogP contribution in [0.3, 0.4) is 0 Å². The van der Waals surface area contributed by atoms with Gasteiger partial charge in [-0.3, -0.25) is 14.4 Å². The van der Waals surface area contributed by atoms with Crippen molar-refractivity contribution in [3.8, 4) is 5.75 Å². The van der Waals surface area contributed by atoms with Crippen LogP contribution in [-0.2, 0) is 0 Å². The Bertz CT molecular complexity index is 1640. The molecule has 2 heterocycles. The summed E-state index contributed by atoms with van der Waals surface area (Å²) in [4.78, 5) is 39.1. The van der Waals surface area contributed by atoms with Gasteiger partial charge in [0, 0.05) is 17.0 Å². The summed E-state index contributed by atoms with van der Waals surface area (Å²) in [7, 11) is 0. The van der Waals surface area contributed by atoms with E-state index < -0.39 is 11.7 Å². The summed E-state index contributed by atoms with van der Waals surface area (Å²) in [5.74, 6) is -0.622. The highest BCUT2D eigenvalue weighted by Gasteiger charge is 2.25. The number of ketones is 1. The molecule has 35 heavy (non-hydrogen) atoms. The Morgan fingerprint density at radius 1 is 0.914 bits per heavy atom. The van der Waals surface area contributed by atoms with E-state index >= 15 is 0 Å². The first-order chi connectivity index (χ1) is 17.0. The van der Waals surface area contributed by atoms with Crippen molar-refractivity contribution in [3.63, 3.8) is 0 Å². The highest BCUT2D eigenvalue weighted by atomic mass is 16.5. The number of hydrogen-bond acceptors (Lipinski definition) is 6. The molecular formula is C28H21NO6. The van der Waals surface area contributed by atoms with Crippen LogP contribution in [0.15, 0.2) is 86.4 Å². The molecule has 0 atom stereocenters. The average molecular weight is 467 g/mol. The van der Waals surface area contributed by atoms with Crippen LogP contribution in [-0.4, -0.2) is 18.3 Å². The minimum atomic E-state index is -0.667. The number of aryl methyl sites for hydroxylation is 1. The lowest BCUT2D eigenvalue weighted by atomic mass is 10.1. The monoisotopic (exact) mass is 467 g/mol. The Hall–Kier alpha value is -4.65. The number of rotatable bonds is 6. The number of ether oxygens (including phenoxy) is 1. The van der Waals surface area contributed by atoms with Crippen molar-refractivity contribution < 1.29 is 23.2 Å². The van der Waals surface area contributed by atoms with Gasteiger partial charge in [-0.15, -0.1) is 0 Å². The first-order valence-corrected chi connectivity index (χ1v) is 11.1. The van der Waals surface area contributed by atoms with Gasteiger partial charge in [-0.05, 0) is 61.9 Å². The highest BCUT2D eigenvalue weighted by Crippen LogP contribution is 2.33. The maximum Gasteiger partial charge on any atom is 0.291 e. The van der Waals surface area contributed by atoms with Gasteiger partial charge >= 0.3 is 0 Å². The van der Waals surface area contributed by atoms with E-state index in [0.29, 0.717) is 39.9 Å². The third-order valence-electron chi connectivity index (χ3n) is 5.64. The largest absolute Gasteiger partial charge is 0.494 e.